The number of hydrogen-bond acceptors (Lipinski definition) is 4. The van der Waals surface area contributed by atoms with E-state index < -0.39 is 12.0 Å². The highest BCUT2D eigenvalue weighted by molar-refractivity contribution is 7.10. The number of rotatable bonds is 4. The maximum atomic E-state index is 12.0. The predicted octanol–water partition coefficient (Wildman–Crippen LogP) is 1.13. The monoisotopic (exact) mass is 268 g/mol. The normalized spacial score (nSPS) is 21.2. The fourth-order valence-corrected chi connectivity index (χ4v) is 2.80. The lowest BCUT2D eigenvalue weighted by Crippen LogP contribution is -2.48. The van der Waals surface area contributed by atoms with Gasteiger partial charge in [-0.1, -0.05) is 12.5 Å². The molecule has 0 aliphatic carbocycles. The van der Waals surface area contributed by atoms with E-state index in [1.807, 2.05) is 0 Å². The van der Waals surface area contributed by atoms with Crippen molar-refractivity contribution in [3.63, 3.8) is 0 Å². The summed E-state index contributed by atoms with van der Waals surface area (Å²) < 4.78 is 0. The van der Waals surface area contributed by atoms with Crippen molar-refractivity contribution < 1.29 is 14.7 Å². The minimum atomic E-state index is -1.03. The standard InChI is InChI=1S/C12H16N2O3S/c15-11(8-4-1-2-6-13-8)14-10(12(16)17)9-5-3-7-18-9/h3,5,7-8,10,13H,1-2,4,6H2,(H,14,15)(H,16,17)/t8-,10?/m0/s1. The Kier molecular flexibility index (Phi) is 4.33. The van der Waals surface area contributed by atoms with Gasteiger partial charge in [0, 0.05) is 4.88 Å². The molecule has 1 aliphatic heterocycles. The van der Waals surface area contributed by atoms with Gasteiger partial charge in [-0.05, 0) is 30.8 Å². The van der Waals surface area contributed by atoms with Crippen LogP contribution in [-0.4, -0.2) is 29.6 Å². The number of carboxylic acid groups (broad SMARTS) is 1. The molecule has 2 rings (SSSR count). The van der Waals surface area contributed by atoms with E-state index in [-0.39, 0.29) is 11.9 Å². The third-order valence-corrected chi connectivity index (χ3v) is 3.93. The number of carbonyl (C=O) groups excluding carboxylic acids is 1. The van der Waals surface area contributed by atoms with Gasteiger partial charge in [0.15, 0.2) is 6.04 Å². The maximum Gasteiger partial charge on any atom is 0.331 e. The molecule has 2 atom stereocenters. The second-order valence-corrected chi connectivity index (χ2v) is 5.28. The Labute approximate surface area is 109 Å². The van der Waals surface area contributed by atoms with Crippen LogP contribution < -0.4 is 10.6 Å². The van der Waals surface area contributed by atoms with Gasteiger partial charge in [-0.25, -0.2) is 4.79 Å². The number of carbonyl (C=O) groups is 2. The van der Waals surface area contributed by atoms with Gasteiger partial charge in [0.2, 0.25) is 5.91 Å². The molecule has 1 saturated heterocycles. The number of amides is 1. The van der Waals surface area contributed by atoms with Crippen LogP contribution in [0, 0.1) is 0 Å². The van der Waals surface area contributed by atoms with E-state index in [0.29, 0.717) is 4.88 Å². The van der Waals surface area contributed by atoms with E-state index in [2.05, 4.69) is 10.6 Å². The molecule has 0 radical (unpaired) electrons. The van der Waals surface area contributed by atoms with E-state index in [1.54, 1.807) is 17.5 Å². The van der Waals surface area contributed by atoms with E-state index in [9.17, 15) is 9.59 Å². The first-order valence-corrected chi connectivity index (χ1v) is 6.86. The van der Waals surface area contributed by atoms with Gasteiger partial charge in [-0.3, -0.25) is 4.79 Å². The van der Waals surface area contributed by atoms with E-state index >= 15 is 0 Å². The Hall–Kier alpha value is -1.40. The van der Waals surface area contributed by atoms with Gasteiger partial charge >= 0.3 is 5.97 Å². The lowest BCUT2D eigenvalue weighted by atomic mass is 10.0. The van der Waals surface area contributed by atoms with Crippen molar-refractivity contribution in [3.05, 3.63) is 22.4 Å². The smallest absolute Gasteiger partial charge is 0.331 e. The fourth-order valence-electron chi connectivity index (χ4n) is 2.03. The number of carboxylic acids is 1. The van der Waals surface area contributed by atoms with Crippen molar-refractivity contribution in [1.29, 1.82) is 0 Å². The molecule has 18 heavy (non-hydrogen) atoms. The highest BCUT2D eigenvalue weighted by Crippen LogP contribution is 2.19. The van der Waals surface area contributed by atoms with Crippen LogP contribution in [0.1, 0.15) is 30.2 Å². The number of piperidine rings is 1. The maximum absolute atomic E-state index is 12.0. The minimum Gasteiger partial charge on any atom is -0.479 e. The van der Waals surface area contributed by atoms with Crippen molar-refractivity contribution >= 4 is 23.2 Å². The van der Waals surface area contributed by atoms with Crippen LogP contribution in [0.3, 0.4) is 0 Å². The van der Waals surface area contributed by atoms with E-state index in [0.717, 1.165) is 25.8 Å². The summed E-state index contributed by atoms with van der Waals surface area (Å²) in [7, 11) is 0. The second-order valence-electron chi connectivity index (χ2n) is 4.30. The second kappa shape index (κ2) is 5.97. The molecule has 1 aliphatic rings. The molecule has 5 nitrogen and oxygen atoms in total. The average molecular weight is 268 g/mol. The Morgan fingerprint density at radius 3 is 2.89 bits per heavy atom. The molecular formula is C12H16N2O3S. The number of hydrogen-bond donors (Lipinski definition) is 3. The largest absolute Gasteiger partial charge is 0.479 e. The van der Waals surface area contributed by atoms with Gasteiger partial charge in [0.25, 0.3) is 0 Å². The molecule has 3 N–H and O–H groups in total. The van der Waals surface area contributed by atoms with Crippen LogP contribution in [0.5, 0.6) is 0 Å². The van der Waals surface area contributed by atoms with Crippen molar-refractivity contribution in [2.75, 3.05) is 6.54 Å². The van der Waals surface area contributed by atoms with Crippen LogP contribution >= 0.6 is 11.3 Å². The lowest BCUT2D eigenvalue weighted by Gasteiger charge is -2.24. The van der Waals surface area contributed by atoms with Crippen LogP contribution in [-0.2, 0) is 9.59 Å². The fraction of sp³-hybridized carbons (Fsp3) is 0.500. The van der Waals surface area contributed by atoms with E-state index in [4.69, 9.17) is 5.11 Å². The van der Waals surface area contributed by atoms with Crippen LogP contribution in [0.15, 0.2) is 17.5 Å². The van der Waals surface area contributed by atoms with Crippen molar-refractivity contribution in [2.45, 2.75) is 31.3 Å². The summed E-state index contributed by atoms with van der Waals surface area (Å²) in [5, 5.41) is 16.7. The molecule has 0 aromatic carbocycles. The first kappa shape index (κ1) is 13.0. The SMILES string of the molecule is O=C(O)C(NC(=O)[C@@H]1CCCCN1)c1cccs1. The molecule has 0 saturated carbocycles. The number of aliphatic carboxylic acids is 1. The zero-order chi connectivity index (χ0) is 13.0. The summed E-state index contributed by atoms with van der Waals surface area (Å²) in [6.07, 6.45) is 2.83. The Morgan fingerprint density at radius 1 is 1.50 bits per heavy atom. The van der Waals surface area contributed by atoms with Gasteiger partial charge in [0.1, 0.15) is 0 Å². The third kappa shape index (κ3) is 3.08. The molecule has 1 amide bonds. The quantitative estimate of drug-likeness (QED) is 0.765. The van der Waals surface area contributed by atoms with Crippen molar-refractivity contribution in [1.82, 2.24) is 10.6 Å². The van der Waals surface area contributed by atoms with Crippen molar-refractivity contribution in [2.24, 2.45) is 0 Å². The summed E-state index contributed by atoms with van der Waals surface area (Å²) in [6.45, 7) is 0.814. The first-order valence-electron chi connectivity index (χ1n) is 5.98. The molecule has 2 heterocycles. The number of nitrogens with one attached hydrogen (secondary N) is 2. The summed E-state index contributed by atoms with van der Waals surface area (Å²) >= 11 is 1.33. The molecule has 6 heteroatoms. The Balaban J connectivity index is 2.00. The van der Waals surface area contributed by atoms with Gasteiger partial charge in [-0.15, -0.1) is 11.3 Å². The first-order chi connectivity index (χ1) is 8.68. The molecule has 1 aromatic heterocycles. The summed E-state index contributed by atoms with van der Waals surface area (Å²) in [4.78, 5) is 23.8. The van der Waals surface area contributed by atoms with Gasteiger partial charge in [-0.2, -0.15) is 0 Å². The van der Waals surface area contributed by atoms with Gasteiger partial charge in [0.05, 0.1) is 6.04 Å². The van der Waals surface area contributed by atoms with Crippen molar-refractivity contribution in [3.8, 4) is 0 Å². The van der Waals surface area contributed by atoms with Gasteiger partial charge < -0.3 is 15.7 Å². The molecule has 98 valence electrons. The molecule has 1 fully saturated rings. The predicted molar refractivity (Wildman–Crippen MR) is 68.5 cm³/mol. The van der Waals surface area contributed by atoms with Crippen LogP contribution in [0.25, 0.3) is 0 Å². The highest BCUT2D eigenvalue weighted by Gasteiger charge is 2.27. The zero-order valence-electron chi connectivity index (χ0n) is 9.89. The summed E-state index contributed by atoms with van der Waals surface area (Å²) in [6, 6.07) is 2.29. The lowest BCUT2D eigenvalue weighted by molar-refractivity contribution is -0.142. The summed E-state index contributed by atoms with van der Waals surface area (Å²) in [5.74, 6) is -1.25. The zero-order valence-corrected chi connectivity index (χ0v) is 10.7. The molecular weight excluding hydrogens is 252 g/mol. The minimum absolute atomic E-state index is 0.226. The third-order valence-electron chi connectivity index (χ3n) is 2.99. The topological polar surface area (TPSA) is 78.4 Å². The molecule has 0 spiro atoms. The summed E-state index contributed by atoms with van der Waals surface area (Å²) in [5.41, 5.74) is 0. The average Bonchev–Trinajstić information content (AvgIpc) is 2.90. The highest BCUT2D eigenvalue weighted by atomic mass is 32.1. The number of thiophene rings is 1. The molecule has 1 unspecified atom stereocenters. The van der Waals surface area contributed by atoms with E-state index in [1.165, 1.54) is 11.3 Å². The van der Waals surface area contributed by atoms with Crippen LogP contribution in [0.2, 0.25) is 0 Å². The van der Waals surface area contributed by atoms with Crippen LogP contribution in [0.4, 0.5) is 0 Å². The molecule has 0 bridgehead atoms. The molecule has 1 aromatic rings. The Bertz CT molecular complexity index is 413. The Morgan fingerprint density at radius 2 is 2.33 bits per heavy atom.